The number of ether oxygens (including phenoxy) is 1. The average molecular weight is 299 g/mol. The third-order valence-corrected chi connectivity index (χ3v) is 6.18. The molecule has 0 atom stereocenters. The fraction of sp³-hybridized carbons (Fsp3) is 1.00. The van der Waals surface area contributed by atoms with Crippen LogP contribution in [0, 0.1) is 0 Å². The number of quaternary nitrogens is 2. The van der Waals surface area contributed by atoms with Crippen LogP contribution >= 0.6 is 0 Å². The van der Waals surface area contributed by atoms with Gasteiger partial charge in [-0.3, -0.25) is 4.48 Å². The Labute approximate surface area is 132 Å². The second kappa shape index (κ2) is 6.17. The van der Waals surface area contributed by atoms with Crippen molar-refractivity contribution < 1.29 is 13.7 Å². The summed E-state index contributed by atoms with van der Waals surface area (Å²) in [5.74, 6) is 0. The number of hydrogen-bond acceptors (Lipinski definition) is 1. The van der Waals surface area contributed by atoms with Gasteiger partial charge in [-0.25, -0.2) is 0 Å². The van der Waals surface area contributed by atoms with Crippen LogP contribution in [-0.2, 0) is 4.74 Å². The molecule has 3 aliphatic heterocycles. The minimum absolute atomic E-state index is 0. The molecule has 4 rings (SSSR count). The van der Waals surface area contributed by atoms with Crippen molar-refractivity contribution in [2.75, 3.05) is 46.0 Å². The summed E-state index contributed by atoms with van der Waals surface area (Å²) in [4.78, 5) is 0. The number of piperazine rings is 3. The summed E-state index contributed by atoms with van der Waals surface area (Å²) in [6.07, 6.45) is 7.45. The molecule has 4 aliphatic rings. The topological polar surface area (TPSA) is 9.23 Å². The van der Waals surface area contributed by atoms with Gasteiger partial charge in [0.1, 0.15) is 39.3 Å². The molecule has 4 fully saturated rings. The van der Waals surface area contributed by atoms with E-state index >= 15 is 0 Å². The Bertz CT molecular complexity index is 317. The van der Waals surface area contributed by atoms with Gasteiger partial charge in [-0.2, -0.15) is 0 Å². The molecule has 0 N–H and O–H groups in total. The first-order chi connectivity index (χ1) is 9.43. The van der Waals surface area contributed by atoms with E-state index in [2.05, 4.69) is 20.8 Å². The highest BCUT2D eigenvalue weighted by molar-refractivity contribution is 4.72. The van der Waals surface area contributed by atoms with Gasteiger partial charge in [0.15, 0.2) is 6.73 Å². The monoisotopic (exact) mass is 298 g/mol. The number of fused-ring (bicyclic) bond motifs is 3. The zero-order valence-corrected chi connectivity index (χ0v) is 13.9. The zero-order chi connectivity index (χ0) is 14.3. The molecule has 3 heterocycles. The van der Waals surface area contributed by atoms with Crippen LogP contribution in [0.2, 0.25) is 0 Å². The average Bonchev–Trinajstić information content (AvgIpc) is 2.48. The molecule has 0 radical (unpaired) electrons. The van der Waals surface area contributed by atoms with Gasteiger partial charge in [0.25, 0.3) is 0 Å². The summed E-state index contributed by atoms with van der Waals surface area (Å²) in [6.45, 7) is 15.8. The summed E-state index contributed by atoms with van der Waals surface area (Å²) in [6, 6.07) is 0.995. The Morgan fingerprint density at radius 1 is 0.857 bits per heavy atom. The van der Waals surface area contributed by atoms with Crippen LogP contribution < -0.4 is 0 Å². The van der Waals surface area contributed by atoms with Crippen molar-refractivity contribution in [1.29, 1.82) is 0 Å². The summed E-state index contributed by atoms with van der Waals surface area (Å²) in [5, 5.41) is 0. The summed E-state index contributed by atoms with van der Waals surface area (Å²) >= 11 is 0. The van der Waals surface area contributed by atoms with Crippen LogP contribution in [0.1, 0.15) is 60.3 Å². The first-order valence-electron chi connectivity index (χ1n) is 8.78. The molecule has 0 spiro atoms. The molecule has 1 saturated carbocycles. The highest BCUT2D eigenvalue weighted by atomic mass is 16.5. The Balaban J connectivity index is 0.00000161. The molecule has 1 aliphatic carbocycles. The van der Waals surface area contributed by atoms with Gasteiger partial charge in [-0.15, -0.1) is 0 Å². The minimum atomic E-state index is 0. The van der Waals surface area contributed by atoms with E-state index < -0.39 is 0 Å². The highest BCUT2D eigenvalue weighted by Gasteiger charge is 2.52. The Morgan fingerprint density at radius 2 is 1.38 bits per heavy atom. The van der Waals surface area contributed by atoms with E-state index in [9.17, 15) is 0 Å². The van der Waals surface area contributed by atoms with Crippen LogP contribution in [0.25, 0.3) is 0 Å². The lowest BCUT2D eigenvalue weighted by Crippen LogP contribution is -2.77. The second-order valence-corrected chi connectivity index (χ2v) is 8.58. The van der Waals surface area contributed by atoms with Gasteiger partial charge >= 0.3 is 0 Å². The molecule has 0 amide bonds. The highest BCUT2D eigenvalue weighted by Crippen LogP contribution is 2.35. The smallest absolute Gasteiger partial charge is 0.184 e. The quantitative estimate of drug-likeness (QED) is 0.726. The standard InChI is InChI=1S/C17H34N2O.CH4/c1-17(2,3)20-15-18-9-12-19(13-10-18,14-11-18)16-7-5-4-6-8-16;/h16H,4-15H2,1-3H3;1H4/q+2;. The summed E-state index contributed by atoms with van der Waals surface area (Å²) in [7, 11) is 0. The maximum absolute atomic E-state index is 6.13. The molecular weight excluding hydrogens is 260 g/mol. The van der Waals surface area contributed by atoms with Crippen LogP contribution in [0.3, 0.4) is 0 Å². The van der Waals surface area contributed by atoms with E-state index in [1.807, 2.05) is 0 Å². The van der Waals surface area contributed by atoms with Gasteiger partial charge in [-0.1, -0.05) is 13.8 Å². The molecule has 3 heteroatoms. The Morgan fingerprint density at radius 3 is 1.86 bits per heavy atom. The second-order valence-electron chi connectivity index (χ2n) is 8.58. The van der Waals surface area contributed by atoms with E-state index in [1.165, 1.54) is 80.3 Å². The third-order valence-electron chi connectivity index (χ3n) is 6.18. The van der Waals surface area contributed by atoms with Crippen molar-refractivity contribution in [3.63, 3.8) is 0 Å². The van der Waals surface area contributed by atoms with E-state index in [-0.39, 0.29) is 13.0 Å². The maximum Gasteiger partial charge on any atom is 0.184 e. The fourth-order valence-electron chi connectivity index (χ4n) is 4.61. The van der Waals surface area contributed by atoms with Gasteiger partial charge in [0.2, 0.25) is 0 Å². The normalized spacial score (nSPS) is 37.3. The van der Waals surface area contributed by atoms with Gasteiger partial charge in [0, 0.05) is 0 Å². The largest absolute Gasteiger partial charge is 0.326 e. The predicted molar refractivity (Wildman–Crippen MR) is 89.0 cm³/mol. The molecule has 124 valence electrons. The Hall–Kier alpha value is -0.120. The molecular formula is C18H38N2O+2. The minimum Gasteiger partial charge on any atom is -0.326 e. The van der Waals surface area contributed by atoms with Crippen LogP contribution in [0.5, 0.6) is 0 Å². The molecule has 0 aromatic heterocycles. The van der Waals surface area contributed by atoms with Crippen molar-refractivity contribution >= 4 is 0 Å². The van der Waals surface area contributed by atoms with Crippen molar-refractivity contribution in [3.05, 3.63) is 0 Å². The van der Waals surface area contributed by atoms with Gasteiger partial charge in [0.05, 0.1) is 11.6 Å². The predicted octanol–water partition coefficient (Wildman–Crippen LogP) is 3.39. The summed E-state index contributed by atoms with van der Waals surface area (Å²) < 4.78 is 8.84. The van der Waals surface area contributed by atoms with E-state index in [0.29, 0.717) is 0 Å². The molecule has 0 aromatic carbocycles. The van der Waals surface area contributed by atoms with E-state index in [0.717, 1.165) is 12.8 Å². The van der Waals surface area contributed by atoms with Crippen molar-refractivity contribution in [2.24, 2.45) is 0 Å². The van der Waals surface area contributed by atoms with Crippen LogP contribution in [0.4, 0.5) is 0 Å². The van der Waals surface area contributed by atoms with Crippen LogP contribution in [-0.4, -0.2) is 66.6 Å². The molecule has 2 bridgehead atoms. The SMILES string of the molecule is C.CC(C)(C)OC[N+]12CC[N+](C3CCCCC3)(CC1)CC2. The Kier molecular flexibility index (Phi) is 5.07. The van der Waals surface area contributed by atoms with E-state index in [4.69, 9.17) is 4.74 Å². The molecule has 3 nitrogen and oxygen atoms in total. The van der Waals surface area contributed by atoms with Crippen LogP contribution in [0.15, 0.2) is 0 Å². The zero-order valence-electron chi connectivity index (χ0n) is 13.9. The lowest BCUT2D eigenvalue weighted by Gasteiger charge is -2.58. The third kappa shape index (κ3) is 3.62. The van der Waals surface area contributed by atoms with Gasteiger partial charge < -0.3 is 9.22 Å². The first-order valence-corrected chi connectivity index (χ1v) is 8.78. The van der Waals surface area contributed by atoms with E-state index in [1.54, 1.807) is 0 Å². The first kappa shape index (κ1) is 17.2. The van der Waals surface area contributed by atoms with Crippen molar-refractivity contribution in [1.82, 2.24) is 0 Å². The van der Waals surface area contributed by atoms with Gasteiger partial charge in [-0.05, 0) is 46.5 Å². The number of hydrogen-bond donors (Lipinski definition) is 0. The lowest BCUT2D eigenvalue weighted by atomic mass is 9.90. The summed E-state index contributed by atoms with van der Waals surface area (Å²) in [5.41, 5.74) is 0.0111. The molecule has 3 saturated heterocycles. The maximum atomic E-state index is 6.13. The van der Waals surface area contributed by atoms with Crippen molar-refractivity contribution in [2.45, 2.75) is 71.9 Å². The number of nitrogens with zero attached hydrogens (tertiary/aromatic N) is 2. The fourth-order valence-corrected chi connectivity index (χ4v) is 4.61. The lowest BCUT2D eigenvalue weighted by molar-refractivity contribution is -1.10. The molecule has 0 aromatic rings. The van der Waals surface area contributed by atoms with Crippen molar-refractivity contribution in [3.8, 4) is 0 Å². The molecule has 0 unspecified atom stereocenters. The molecule has 21 heavy (non-hydrogen) atoms. The number of rotatable bonds is 3.